The predicted octanol–water partition coefficient (Wildman–Crippen LogP) is 2.34. The van der Waals surface area contributed by atoms with E-state index < -0.39 is 0 Å². The Hall–Kier alpha value is -2.08. The van der Waals surface area contributed by atoms with Crippen LogP contribution in [0.25, 0.3) is 11.4 Å². The lowest BCUT2D eigenvalue weighted by Gasteiger charge is -2.07. The first-order chi connectivity index (χ1) is 9.85. The average Bonchev–Trinajstić information content (AvgIpc) is 3.17. The zero-order valence-electron chi connectivity index (χ0n) is 11.3. The monoisotopic (exact) mass is 275 g/mol. The molecule has 1 aromatic carbocycles. The summed E-state index contributed by atoms with van der Waals surface area (Å²) in [6.45, 7) is 1.54. The maximum atomic E-state index is 5.53. The summed E-state index contributed by atoms with van der Waals surface area (Å²) in [6, 6.07) is 7.95. The van der Waals surface area contributed by atoms with Crippen LogP contribution in [0.5, 0.6) is 5.75 Å². The molecule has 0 saturated carbocycles. The summed E-state index contributed by atoms with van der Waals surface area (Å²) in [5.74, 6) is 1.36. The van der Waals surface area contributed by atoms with E-state index in [1.54, 1.807) is 7.11 Å². The molecule has 6 heteroatoms. The molecule has 2 heterocycles. The summed E-state index contributed by atoms with van der Waals surface area (Å²) in [6.07, 6.45) is 2.44. The zero-order valence-corrected chi connectivity index (χ0v) is 11.3. The minimum Gasteiger partial charge on any atom is -0.497 e. The van der Waals surface area contributed by atoms with E-state index in [9.17, 15) is 0 Å². The van der Waals surface area contributed by atoms with Crippen LogP contribution in [-0.4, -0.2) is 36.5 Å². The molecule has 6 nitrogen and oxygen atoms in total. The van der Waals surface area contributed by atoms with Crippen molar-refractivity contribution < 1.29 is 14.0 Å². The average molecular weight is 275 g/mol. The Kier molecular flexibility index (Phi) is 3.83. The largest absolute Gasteiger partial charge is 0.497 e. The number of anilines is 1. The van der Waals surface area contributed by atoms with Crippen LogP contribution in [0.15, 0.2) is 28.8 Å². The molecule has 0 amide bonds. The standard InChI is InChI=1S/C14H17N3O3/c1-18-11-6-4-10(5-7-11)13-16-14(20-17-13)15-9-12-3-2-8-19-12/h4-7,12H,2-3,8-9H2,1H3,(H,15,16,17)/t12-/m0/s1. The van der Waals surface area contributed by atoms with Crippen LogP contribution in [0.4, 0.5) is 6.01 Å². The topological polar surface area (TPSA) is 69.4 Å². The van der Waals surface area contributed by atoms with Gasteiger partial charge < -0.3 is 19.3 Å². The molecule has 0 aliphatic carbocycles. The SMILES string of the molecule is COc1ccc(-c2noc(NC[C@@H]3CCCO3)n2)cc1. The summed E-state index contributed by atoms with van der Waals surface area (Å²) in [4.78, 5) is 4.31. The molecule has 1 aliphatic heterocycles. The molecule has 1 N–H and O–H groups in total. The van der Waals surface area contributed by atoms with Gasteiger partial charge in [-0.3, -0.25) is 0 Å². The Balaban J connectivity index is 1.62. The molecule has 20 heavy (non-hydrogen) atoms. The van der Waals surface area contributed by atoms with Crippen molar-refractivity contribution in [1.82, 2.24) is 10.1 Å². The summed E-state index contributed by atoms with van der Waals surface area (Å²) in [5.41, 5.74) is 0.889. The van der Waals surface area contributed by atoms with Crippen molar-refractivity contribution in [3.05, 3.63) is 24.3 Å². The van der Waals surface area contributed by atoms with Crippen LogP contribution < -0.4 is 10.1 Å². The van der Waals surface area contributed by atoms with Crippen molar-refractivity contribution in [2.75, 3.05) is 25.6 Å². The molecule has 2 aromatic rings. The van der Waals surface area contributed by atoms with Gasteiger partial charge in [0.05, 0.1) is 13.2 Å². The quantitative estimate of drug-likeness (QED) is 0.903. The third-order valence-electron chi connectivity index (χ3n) is 3.28. The number of hydrogen-bond acceptors (Lipinski definition) is 6. The van der Waals surface area contributed by atoms with E-state index in [1.807, 2.05) is 24.3 Å². The molecule has 1 aromatic heterocycles. The van der Waals surface area contributed by atoms with Crippen molar-refractivity contribution in [2.24, 2.45) is 0 Å². The highest BCUT2D eigenvalue weighted by Gasteiger charge is 2.16. The molecule has 0 bridgehead atoms. The molecule has 106 valence electrons. The van der Waals surface area contributed by atoms with Crippen molar-refractivity contribution >= 4 is 6.01 Å². The van der Waals surface area contributed by atoms with Crippen molar-refractivity contribution in [3.63, 3.8) is 0 Å². The predicted molar refractivity (Wildman–Crippen MR) is 73.7 cm³/mol. The van der Waals surface area contributed by atoms with Gasteiger partial charge in [0, 0.05) is 18.7 Å². The van der Waals surface area contributed by atoms with Crippen LogP contribution in [0.2, 0.25) is 0 Å². The lowest BCUT2D eigenvalue weighted by atomic mass is 10.2. The van der Waals surface area contributed by atoms with E-state index in [0.717, 1.165) is 30.8 Å². The highest BCUT2D eigenvalue weighted by molar-refractivity contribution is 5.56. The summed E-state index contributed by atoms with van der Waals surface area (Å²) in [7, 11) is 1.64. The number of nitrogens with one attached hydrogen (secondary N) is 1. The van der Waals surface area contributed by atoms with Gasteiger partial charge in [-0.2, -0.15) is 4.98 Å². The van der Waals surface area contributed by atoms with Gasteiger partial charge in [0.25, 0.3) is 0 Å². The van der Waals surface area contributed by atoms with E-state index in [-0.39, 0.29) is 6.10 Å². The molecule has 0 radical (unpaired) electrons. The van der Waals surface area contributed by atoms with E-state index in [4.69, 9.17) is 14.0 Å². The fourth-order valence-electron chi connectivity index (χ4n) is 2.16. The normalized spacial score (nSPS) is 18.1. The number of ether oxygens (including phenoxy) is 2. The summed E-state index contributed by atoms with van der Waals surface area (Å²) in [5, 5.41) is 7.07. The second-order valence-corrected chi connectivity index (χ2v) is 4.67. The lowest BCUT2D eigenvalue weighted by Crippen LogP contribution is -2.18. The van der Waals surface area contributed by atoms with Crippen LogP contribution >= 0.6 is 0 Å². The summed E-state index contributed by atoms with van der Waals surface area (Å²) < 4.78 is 15.8. The summed E-state index contributed by atoms with van der Waals surface area (Å²) >= 11 is 0. The third-order valence-corrected chi connectivity index (χ3v) is 3.28. The Morgan fingerprint density at radius 3 is 2.90 bits per heavy atom. The molecule has 1 fully saturated rings. The Morgan fingerprint density at radius 2 is 2.20 bits per heavy atom. The number of methoxy groups -OCH3 is 1. The Bertz CT molecular complexity index is 547. The van der Waals surface area contributed by atoms with Gasteiger partial charge in [0.1, 0.15) is 5.75 Å². The van der Waals surface area contributed by atoms with E-state index in [2.05, 4.69) is 15.5 Å². The van der Waals surface area contributed by atoms with Crippen molar-refractivity contribution in [3.8, 4) is 17.1 Å². The Labute approximate surface area is 117 Å². The van der Waals surface area contributed by atoms with Crippen LogP contribution in [0.3, 0.4) is 0 Å². The number of hydrogen-bond donors (Lipinski definition) is 1. The van der Waals surface area contributed by atoms with Gasteiger partial charge in [-0.25, -0.2) is 0 Å². The first kappa shape index (κ1) is 12.9. The third kappa shape index (κ3) is 2.91. The Morgan fingerprint density at radius 1 is 1.35 bits per heavy atom. The van der Waals surface area contributed by atoms with Crippen LogP contribution in [-0.2, 0) is 4.74 Å². The number of nitrogens with zero attached hydrogens (tertiary/aromatic N) is 2. The van der Waals surface area contributed by atoms with Crippen molar-refractivity contribution in [1.29, 1.82) is 0 Å². The zero-order chi connectivity index (χ0) is 13.8. The first-order valence-corrected chi connectivity index (χ1v) is 6.69. The first-order valence-electron chi connectivity index (χ1n) is 6.69. The molecular weight excluding hydrogens is 258 g/mol. The molecule has 0 unspecified atom stereocenters. The van der Waals surface area contributed by atoms with Gasteiger partial charge in [-0.1, -0.05) is 5.16 Å². The molecule has 1 aliphatic rings. The van der Waals surface area contributed by atoms with Crippen LogP contribution in [0, 0.1) is 0 Å². The van der Waals surface area contributed by atoms with Gasteiger partial charge in [0.2, 0.25) is 5.82 Å². The molecule has 1 atom stereocenters. The van der Waals surface area contributed by atoms with E-state index >= 15 is 0 Å². The van der Waals surface area contributed by atoms with Crippen molar-refractivity contribution in [2.45, 2.75) is 18.9 Å². The molecular formula is C14H17N3O3. The fraction of sp³-hybridized carbons (Fsp3) is 0.429. The number of rotatable bonds is 5. The smallest absolute Gasteiger partial charge is 0.321 e. The van der Waals surface area contributed by atoms with E-state index in [1.165, 1.54) is 0 Å². The van der Waals surface area contributed by atoms with Crippen LogP contribution in [0.1, 0.15) is 12.8 Å². The van der Waals surface area contributed by atoms with Gasteiger partial charge in [0.15, 0.2) is 0 Å². The highest BCUT2D eigenvalue weighted by Crippen LogP contribution is 2.21. The second-order valence-electron chi connectivity index (χ2n) is 4.67. The minimum atomic E-state index is 0.242. The second kappa shape index (κ2) is 5.92. The number of benzene rings is 1. The van der Waals surface area contributed by atoms with Gasteiger partial charge >= 0.3 is 6.01 Å². The van der Waals surface area contributed by atoms with Gasteiger partial charge in [-0.05, 0) is 37.1 Å². The maximum absolute atomic E-state index is 5.53. The highest BCUT2D eigenvalue weighted by atomic mass is 16.5. The molecule has 0 spiro atoms. The fourth-order valence-corrected chi connectivity index (χ4v) is 2.16. The molecule has 3 rings (SSSR count). The van der Waals surface area contributed by atoms with Gasteiger partial charge in [-0.15, -0.1) is 0 Å². The van der Waals surface area contributed by atoms with E-state index in [0.29, 0.717) is 18.4 Å². The molecule has 1 saturated heterocycles. The maximum Gasteiger partial charge on any atom is 0.321 e. The number of aromatic nitrogens is 2. The minimum absolute atomic E-state index is 0.242. The lowest BCUT2D eigenvalue weighted by molar-refractivity contribution is 0.120.